The van der Waals surface area contributed by atoms with E-state index < -0.39 is 0 Å². The Hall–Kier alpha value is -1.81. The molecule has 0 aliphatic carbocycles. The van der Waals surface area contributed by atoms with Gasteiger partial charge in [0.25, 0.3) is 5.91 Å². The van der Waals surface area contributed by atoms with Crippen molar-refractivity contribution in [2.45, 2.75) is 13.0 Å². The molecule has 0 saturated carbocycles. The third kappa shape index (κ3) is 1.92. The Kier molecular flexibility index (Phi) is 2.92. The topological polar surface area (TPSA) is 70.9 Å². The number of benzene rings is 1. The average molecular weight is 217 g/mol. The number of nitrogens with two attached hydrogens (primary N) is 1. The molecule has 0 radical (unpaired) electrons. The molecule has 4 nitrogen and oxygen atoms in total. The van der Waals surface area contributed by atoms with Crippen LogP contribution in [0.2, 0.25) is 0 Å². The van der Waals surface area contributed by atoms with Gasteiger partial charge in [-0.3, -0.25) is 4.79 Å². The molecule has 1 heterocycles. The predicted molar refractivity (Wildman–Crippen MR) is 64.3 cm³/mol. The summed E-state index contributed by atoms with van der Waals surface area (Å²) in [6, 6.07) is 7.51. The van der Waals surface area contributed by atoms with Crippen molar-refractivity contribution in [1.82, 2.24) is 10.3 Å². The monoisotopic (exact) mass is 217 g/mol. The van der Waals surface area contributed by atoms with Gasteiger partial charge < -0.3 is 16.0 Å². The van der Waals surface area contributed by atoms with Crippen molar-refractivity contribution in [2.75, 3.05) is 6.54 Å². The smallest absolute Gasteiger partial charge is 0.252 e. The van der Waals surface area contributed by atoms with Gasteiger partial charge in [0.2, 0.25) is 0 Å². The molecule has 16 heavy (non-hydrogen) atoms. The maximum absolute atomic E-state index is 11.9. The first-order valence-electron chi connectivity index (χ1n) is 5.29. The maximum atomic E-state index is 11.9. The molecule has 0 bridgehead atoms. The molecule has 1 atom stereocenters. The summed E-state index contributed by atoms with van der Waals surface area (Å²) in [5.74, 6) is -0.0804. The number of aromatic amines is 1. The Morgan fingerprint density at radius 2 is 2.31 bits per heavy atom. The number of hydrogen-bond acceptors (Lipinski definition) is 2. The molecular formula is C12H15N3O. The highest BCUT2D eigenvalue weighted by molar-refractivity contribution is 6.06. The van der Waals surface area contributed by atoms with Gasteiger partial charge in [0.15, 0.2) is 0 Å². The van der Waals surface area contributed by atoms with E-state index in [2.05, 4.69) is 10.3 Å². The van der Waals surface area contributed by atoms with Crippen LogP contribution in [-0.2, 0) is 0 Å². The number of nitrogens with one attached hydrogen (secondary N) is 2. The summed E-state index contributed by atoms with van der Waals surface area (Å²) in [5, 5.41) is 3.78. The summed E-state index contributed by atoms with van der Waals surface area (Å²) < 4.78 is 0. The van der Waals surface area contributed by atoms with Crippen LogP contribution in [0.1, 0.15) is 17.3 Å². The van der Waals surface area contributed by atoms with Crippen molar-refractivity contribution < 1.29 is 4.79 Å². The molecule has 1 aromatic carbocycles. The summed E-state index contributed by atoms with van der Waals surface area (Å²) in [7, 11) is 0. The molecule has 0 aliphatic heterocycles. The van der Waals surface area contributed by atoms with Gasteiger partial charge >= 0.3 is 0 Å². The number of hydrogen-bond donors (Lipinski definition) is 3. The number of amides is 1. The van der Waals surface area contributed by atoms with Gasteiger partial charge in [-0.25, -0.2) is 0 Å². The van der Waals surface area contributed by atoms with Crippen LogP contribution in [0.15, 0.2) is 30.5 Å². The normalized spacial score (nSPS) is 12.6. The summed E-state index contributed by atoms with van der Waals surface area (Å²) >= 11 is 0. The van der Waals surface area contributed by atoms with E-state index in [-0.39, 0.29) is 11.9 Å². The lowest BCUT2D eigenvalue weighted by Crippen LogP contribution is -2.37. The Labute approximate surface area is 93.8 Å². The van der Waals surface area contributed by atoms with Gasteiger partial charge in [-0.2, -0.15) is 0 Å². The lowest BCUT2D eigenvalue weighted by atomic mass is 10.1. The first-order chi connectivity index (χ1) is 7.72. The highest BCUT2D eigenvalue weighted by Gasteiger charge is 2.11. The number of carbonyl (C=O) groups is 1. The van der Waals surface area contributed by atoms with E-state index in [1.54, 1.807) is 0 Å². The predicted octanol–water partition coefficient (Wildman–Crippen LogP) is 1.24. The molecular weight excluding hydrogens is 202 g/mol. The minimum Gasteiger partial charge on any atom is -0.361 e. The van der Waals surface area contributed by atoms with E-state index in [1.165, 1.54) is 0 Å². The van der Waals surface area contributed by atoms with Crippen LogP contribution in [-0.4, -0.2) is 23.5 Å². The number of carbonyl (C=O) groups excluding carboxylic acids is 1. The van der Waals surface area contributed by atoms with Crippen LogP contribution in [0.5, 0.6) is 0 Å². The van der Waals surface area contributed by atoms with Crippen LogP contribution >= 0.6 is 0 Å². The second-order valence-electron chi connectivity index (χ2n) is 3.85. The van der Waals surface area contributed by atoms with E-state index in [4.69, 9.17) is 5.73 Å². The molecule has 1 unspecified atom stereocenters. The first kappa shape index (κ1) is 10.7. The van der Waals surface area contributed by atoms with Crippen molar-refractivity contribution in [3.63, 3.8) is 0 Å². The van der Waals surface area contributed by atoms with Crippen molar-refractivity contribution in [2.24, 2.45) is 5.73 Å². The lowest BCUT2D eigenvalue weighted by molar-refractivity contribution is 0.0943. The molecule has 4 heteroatoms. The second-order valence-corrected chi connectivity index (χ2v) is 3.85. The minimum atomic E-state index is -0.0804. The number of H-pyrrole nitrogens is 1. The van der Waals surface area contributed by atoms with Crippen molar-refractivity contribution in [1.29, 1.82) is 0 Å². The molecule has 2 aromatic rings. The molecule has 84 valence electrons. The second kappa shape index (κ2) is 4.37. The van der Waals surface area contributed by atoms with Gasteiger partial charge in [-0.15, -0.1) is 0 Å². The van der Waals surface area contributed by atoms with Crippen molar-refractivity contribution >= 4 is 16.8 Å². The van der Waals surface area contributed by atoms with Crippen LogP contribution in [0.3, 0.4) is 0 Å². The fraction of sp³-hybridized carbons (Fsp3) is 0.250. The molecule has 0 aliphatic rings. The van der Waals surface area contributed by atoms with Gasteiger partial charge in [0.05, 0.1) is 0 Å². The van der Waals surface area contributed by atoms with Crippen LogP contribution in [0, 0.1) is 0 Å². The number of aromatic nitrogens is 1. The number of fused-ring (bicyclic) bond motifs is 1. The first-order valence-corrected chi connectivity index (χ1v) is 5.29. The molecule has 1 aromatic heterocycles. The van der Waals surface area contributed by atoms with Gasteiger partial charge in [-0.1, -0.05) is 6.07 Å². The average Bonchev–Trinajstić information content (AvgIpc) is 2.76. The fourth-order valence-corrected chi connectivity index (χ4v) is 1.64. The Morgan fingerprint density at radius 1 is 1.50 bits per heavy atom. The third-order valence-electron chi connectivity index (χ3n) is 2.57. The minimum absolute atomic E-state index is 0.0123. The molecule has 4 N–H and O–H groups in total. The van der Waals surface area contributed by atoms with Gasteiger partial charge in [0.1, 0.15) is 0 Å². The fourth-order valence-electron chi connectivity index (χ4n) is 1.64. The van der Waals surface area contributed by atoms with E-state index in [0.717, 1.165) is 10.9 Å². The highest BCUT2D eigenvalue weighted by atomic mass is 16.1. The van der Waals surface area contributed by atoms with E-state index in [1.807, 2.05) is 37.4 Å². The summed E-state index contributed by atoms with van der Waals surface area (Å²) in [6.45, 7) is 2.32. The Bertz CT molecular complexity index is 504. The van der Waals surface area contributed by atoms with E-state index >= 15 is 0 Å². The van der Waals surface area contributed by atoms with E-state index in [0.29, 0.717) is 12.1 Å². The zero-order valence-electron chi connectivity index (χ0n) is 9.16. The van der Waals surface area contributed by atoms with Crippen LogP contribution < -0.4 is 11.1 Å². The van der Waals surface area contributed by atoms with Crippen molar-refractivity contribution in [3.8, 4) is 0 Å². The molecule has 0 saturated heterocycles. The standard InChI is InChI=1S/C12H15N3O/c1-8(7-13)15-12(16)10-3-2-4-11-9(10)5-6-14-11/h2-6,8,14H,7,13H2,1H3,(H,15,16). The third-order valence-corrected chi connectivity index (χ3v) is 2.57. The van der Waals surface area contributed by atoms with E-state index in [9.17, 15) is 4.79 Å². The zero-order chi connectivity index (χ0) is 11.5. The van der Waals surface area contributed by atoms with Crippen LogP contribution in [0.25, 0.3) is 10.9 Å². The van der Waals surface area contributed by atoms with Crippen LogP contribution in [0.4, 0.5) is 0 Å². The Morgan fingerprint density at radius 3 is 3.06 bits per heavy atom. The number of rotatable bonds is 3. The summed E-state index contributed by atoms with van der Waals surface area (Å²) in [5.41, 5.74) is 7.12. The largest absolute Gasteiger partial charge is 0.361 e. The van der Waals surface area contributed by atoms with Gasteiger partial charge in [0, 0.05) is 35.2 Å². The quantitative estimate of drug-likeness (QED) is 0.724. The molecule has 2 rings (SSSR count). The Balaban J connectivity index is 2.32. The lowest BCUT2D eigenvalue weighted by Gasteiger charge is -2.11. The molecule has 0 fully saturated rings. The summed E-state index contributed by atoms with van der Waals surface area (Å²) in [4.78, 5) is 15.0. The summed E-state index contributed by atoms with van der Waals surface area (Å²) in [6.07, 6.45) is 1.83. The maximum Gasteiger partial charge on any atom is 0.252 e. The SMILES string of the molecule is CC(CN)NC(=O)c1cccc2[nH]ccc12. The van der Waals surface area contributed by atoms with Crippen molar-refractivity contribution in [3.05, 3.63) is 36.0 Å². The molecule has 1 amide bonds. The highest BCUT2D eigenvalue weighted by Crippen LogP contribution is 2.17. The molecule has 0 spiro atoms. The zero-order valence-corrected chi connectivity index (χ0v) is 9.16. The van der Waals surface area contributed by atoms with Gasteiger partial charge in [-0.05, 0) is 25.1 Å².